The standard InChI is InChI=1S/C16H14BrCl2NO/c1-9-12(4-3-5-13(9)17)16(21)20-10(2)11-6-7-14(18)15(19)8-11/h3-8,10H,1-2H3,(H,20,21). The number of carbonyl (C=O) groups excluding carboxylic acids is 1. The summed E-state index contributed by atoms with van der Waals surface area (Å²) in [6, 6.07) is 10.7. The minimum Gasteiger partial charge on any atom is -0.346 e. The van der Waals surface area contributed by atoms with Crippen LogP contribution in [0.15, 0.2) is 40.9 Å². The maximum Gasteiger partial charge on any atom is 0.252 e. The number of halogens is 3. The van der Waals surface area contributed by atoms with E-state index in [1.165, 1.54) is 0 Å². The number of amides is 1. The highest BCUT2D eigenvalue weighted by molar-refractivity contribution is 9.10. The zero-order valence-electron chi connectivity index (χ0n) is 11.6. The minimum atomic E-state index is -0.161. The number of hydrogen-bond donors (Lipinski definition) is 1. The summed E-state index contributed by atoms with van der Waals surface area (Å²) in [5.41, 5.74) is 2.47. The van der Waals surface area contributed by atoms with Gasteiger partial charge in [-0.2, -0.15) is 0 Å². The van der Waals surface area contributed by atoms with Crippen LogP contribution in [-0.4, -0.2) is 5.91 Å². The van der Waals surface area contributed by atoms with Crippen LogP contribution in [0.1, 0.15) is 34.5 Å². The molecule has 0 heterocycles. The Kier molecular flexibility index (Phi) is 5.31. The lowest BCUT2D eigenvalue weighted by Gasteiger charge is -2.16. The Bertz CT molecular complexity index is 688. The molecule has 0 spiro atoms. The molecule has 2 aromatic carbocycles. The van der Waals surface area contributed by atoms with Crippen LogP contribution in [0.25, 0.3) is 0 Å². The van der Waals surface area contributed by atoms with Gasteiger partial charge in [-0.15, -0.1) is 0 Å². The summed E-state index contributed by atoms with van der Waals surface area (Å²) in [7, 11) is 0. The lowest BCUT2D eigenvalue weighted by atomic mass is 10.1. The zero-order chi connectivity index (χ0) is 15.6. The van der Waals surface area contributed by atoms with E-state index in [0.29, 0.717) is 15.6 Å². The van der Waals surface area contributed by atoms with Gasteiger partial charge >= 0.3 is 0 Å². The van der Waals surface area contributed by atoms with Crippen LogP contribution in [0.3, 0.4) is 0 Å². The van der Waals surface area contributed by atoms with Crippen LogP contribution < -0.4 is 5.32 Å². The first-order valence-electron chi connectivity index (χ1n) is 6.41. The third-order valence-electron chi connectivity index (χ3n) is 3.30. The van der Waals surface area contributed by atoms with Crippen molar-refractivity contribution in [3.05, 3.63) is 67.6 Å². The molecular formula is C16H14BrCl2NO. The largest absolute Gasteiger partial charge is 0.346 e. The number of benzene rings is 2. The third kappa shape index (κ3) is 3.79. The van der Waals surface area contributed by atoms with Crippen LogP contribution in [0.4, 0.5) is 0 Å². The van der Waals surface area contributed by atoms with Gasteiger partial charge in [-0.3, -0.25) is 4.79 Å². The zero-order valence-corrected chi connectivity index (χ0v) is 14.7. The molecule has 1 amide bonds. The first-order chi connectivity index (χ1) is 9.90. The van der Waals surface area contributed by atoms with Crippen LogP contribution in [0.5, 0.6) is 0 Å². The Morgan fingerprint density at radius 2 is 1.90 bits per heavy atom. The summed E-state index contributed by atoms with van der Waals surface area (Å²) in [6.45, 7) is 3.81. The Balaban J connectivity index is 2.18. The molecule has 0 fully saturated rings. The SMILES string of the molecule is Cc1c(Br)cccc1C(=O)NC(C)c1ccc(Cl)c(Cl)c1. The van der Waals surface area contributed by atoms with Crippen molar-refractivity contribution >= 4 is 45.0 Å². The monoisotopic (exact) mass is 385 g/mol. The van der Waals surface area contributed by atoms with Gasteiger partial charge in [-0.05, 0) is 49.2 Å². The van der Waals surface area contributed by atoms with Gasteiger partial charge < -0.3 is 5.32 Å². The predicted octanol–water partition coefficient (Wildman–Crippen LogP) is 5.56. The molecule has 2 aromatic rings. The predicted molar refractivity (Wildman–Crippen MR) is 91.2 cm³/mol. The number of nitrogens with one attached hydrogen (secondary N) is 1. The fraction of sp³-hybridized carbons (Fsp3) is 0.188. The summed E-state index contributed by atoms with van der Waals surface area (Å²) in [5, 5.41) is 3.95. The second-order valence-corrected chi connectivity index (χ2v) is 6.45. The van der Waals surface area contributed by atoms with Crippen molar-refractivity contribution in [3.8, 4) is 0 Å². The molecule has 0 radical (unpaired) electrons. The third-order valence-corrected chi connectivity index (χ3v) is 4.90. The lowest BCUT2D eigenvalue weighted by molar-refractivity contribution is 0.0939. The van der Waals surface area contributed by atoms with Crippen molar-refractivity contribution in [1.82, 2.24) is 5.32 Å². The molecule has 21 heavy (non-hydrogen) atoms. The van der Waals surface area contributed by atoms with Crippen LogP contribution in [0.2, 0.25) is 10.0 Å². The summed E-state index contributed by atoms with van der Waals surface area (Å²) in [4.78, 5) is 12.4. The average molecular weight is 387 g/mol. The van der Waals surface area contributed by atoms with E-state index in [0.717, 1.165) is 15.6 Å². The van der Waals surface area contributed by atoms with Gasteiger partial charge in [0.05, 0.1) is 16.1 Å². The van der Waals surface area contributed by atoms with Crippen molar-refractivity contribution in [2.75, 3.05) is 0 Å². The number of rotatable bonds is 3. The Morgan fingerprint density at radius 1 is 1.19 bits per heavy atom. The van der Waals surface area contributed by atoms with E-state index in [1.54, 1.807) is 18.2 Å². The molecule has 2 nitrogen and oxygen atoms in total. The fourth-order valence-electron chi connectivity index (χ4n) is 1.99. The highest BCUT2D eigenvalue weighted by Crippen LogP contribution is 2.26. The minimum absolute atomic E-state index is 0.118. The maximum absolute atomic E-state index is 12.4. The number of carbonyl (C=O) groups is 1. The highest BCUT2D eigenvalue weighted by atomic mass is 79.9. The molecule has 0 aliphatic rings. The molecule has 110 valence electrons. The first kappa shape index (κ1) is 16.3. The molecule has 1 unspecified atom stereocenters. The van der Waals surface area contributed by atoms with E-state index >= 15 is 0 Å². The molecular weight excluding hydrogens is 373 g/mol. The average Bonchev–Trinajstić information content (AvgIpc) is 2.44. The number of hydrogen-bond acceptors (Lipinski definition) is 1. The van der Waals surface area contributed by atoms with Crippen molar-refractivity contribution < 1.29 is 4.79 Å². The van der Waals surface area contributed by atoms with Gasteiger partial charge in [0.25, 0.3) is 5.91 Å². The Labute approximate surface area is 142 Å². The van der Waals surface area contributed by atoms with E-state index in [1.807, 2.05) is 32.0 Å². The van der Waals surface area contributed by atoms with Crippen molar-refractivity contribution in [3.63, 3.8) is 0 Å². The quantitative estimate of drug-likeness (QED) is 0.735. The van der Waals surface area contributed by atoms with Gasteiger partial charge in [-0.1, -0.05) is 51.3 Å². The highest BCUT2D eigenvalue weighted by Gasteiger charge is 2.15. The van der Waals surface area contributed by atoms with Gasteiger partial charge in [0.15, 0.2) is 0 Å². The van der Waals surface area contributed by atoms with Crippen molar-refractivity contribution in [2.45, 2.75) is 19.9 Å². The molecule has 0 aliphatic heterocycles. The van der Waals surface area contributed by atoms with E-state index in [4.69, 9.17) is 23.2 Å². The Hall–Kier alpha value is -1.03. The van der Waals surface area contributed by atoms with Gasteiger partial charge in [0, 0.05) is 10.0 Å². The second-order valence-electron chi connectivity index (χ2n) is 4.78. The van der Waals surface area contributed by atoms with Crippen molar-refractivity contribution in [2.24, 2.45) is 0 Å². The summed E-state index contributed by atoms with van der Waals surface area (Å²) < 4.78 is 0.914. The molecule has 0 aliphatic carbocycles. The molecule has 1 N–H and O–H groups in total. The fourth-order valence-corrected chi connectivity index (χ4v) is 2.67. The van der Waals surface area contributed by atoms with Gasteiger partial charge in [0.1, 0.15) is 0 Å². The molecule has 2 rings (SSSR count). The normalized spacial score (nSPS) is 12.0. The van der Waals surface area contributed by atoms with E-state index < -0.39 is 0 Å². The molecule has 1 atom stereocenters. The maximum atomic E-state index is 12.4. The molecule has 0 aromatic heterocycles. The lowest BCUT2D eigenvalue weighted by Crippen LogP contribution is -2.27. The topological polar surface area (TPSA) is 29.1 Å². The smallest absolute Gasteiger partial charge is 0.252 e. The molecule has 0 saturated carbocycles. The molecule has 5 heteroatoms. The van der Waals surface area contributed by atoms with Gasteiger partial charge in [-0.25, -0.2) is 0 Å². The van der Waals surface area contributed by atoms with E-state index in [9.17, 15) is 4.79 Å². The van der Waals surface area contributed by atoms with Gasteiger partial charge in [0.2, 0.25) is 0 Å². The summed E-state index contributed by atoms with van der Waals surface area (Å²) in [5.74, 6) is -0.118. The Morgan fingerprint density at radius 3 is 2.57 bits per heavy atom. The van der Waals surface area contributed by atoms with E-state index in [2.05, 4.69) is 21.2 Å². The van der Waals surface area contributed by atoms with Crippen molar-refractivity contribution in [1.29, 1.82) is 0 Å². The second kappa shape index (κ2) is 6.82. The van der Waals surface area contributed by atoms with E-state index in [-0.39, 0.29) is 11.9 Å². The van der Waals surface area contributed by atoms with Crippen LogP contribution in [-0.2, 0) is 0 Å². The molecule has 0 bridgehead atoms. The first-order valence-corrected chi connectivity index (χ1v) is 7.96. The summed E-state index contributed by atoms with van der Waals surface area (Å²) in [6.07, 6.45) is 0. The van der Waals surface area contributed by atoms with Crippen LogP contribution in [0, 0.1) is 6.92 Å². The summed E-state index contributed by atoms with van der Waals surface area (Å²) >= 11 is 15.3. The molecule has 0 saturated heterocycles. The van der Waals surface area contributed by atoms with Crippen LogP contribution >= 0.6 is 39.1 Å².